The Kier molecular flexibility index (Phi) is 4.22. The summed E-state index contributed by atoms with van der Waals surface area (Å²) in [6.45, 7) is 1.76. The number of methoxy groups -OCH3 is 1. The topological polar surface area (TPSA) is 91.8 Å². The van der Waals surface area contributed by atoms with Gasteiger partial charge in [-0.3, -0.25) is 10.1 Å². The van der Waals surface area contributed by atoms with Gasteiger partial charge in [0, 0.05) is 11.6 Å². The average molecular weight is 291 g/mol. The first-order chi connectivity index (χ1) is 10.0. The van der Waals surface area contributed by atoms with E-state index in [1.807, 2.05) is 0 Å². The first-order valence-corrected chi connectivity index (χ1v) is 6.05. The van der Waals surface area contributed by atoms with Crippen molar-refractivity contribution < 1.29 is 23.6 Å². The number of carbonyl (C=O) groups excluding carboxylic acids is 1. The predicted molar refractivity (Wildman–Crippen MR) is 72.2 cm³/mol. The Bertz CT molecular complexity index is 676. The molecule has 2 aromatic rings. The first-order valence-electron chi connectivity index (χ1n) is 6.05. The van der Waals surface area contributed by atoms with E-state index in [9.17, 15) is 14.9 Å². The number of furan rings is 1. The number of aryl methyl sites for hydroxylation is 1. The molecule has 0 saturated carbocycles. The Morgan fingerprint density at radius 3 is 2.81 bits per heavy atom. The van der Waals surface area contributed by atoms with Crippen LogP contribution in [0.3, 0.4) is 0 Å². The molecule has 21 heavy (non-hydrogen) atoms. The van der Waals surface area contributed by atoms with Crippen LogP contribution in [0.25, 0.3) is 0 Å². The summed E-state index contributed by atoms with van der Waals surface area (Å²) in [5.74, 6) is -0.470. The maximum atomic E-state index is 11.5. The molecule has 7 heteroatoms. The number of hydrogen-bond acceptors (Lipinski definition) is 6. The Morgan fingerprint density at radius 2 is 2.14 bits per heavy atom. The van der Waals surface area contributed by atoms with Gasteiger partial charge in [0.1, 0.15) is 6.61 Å². The molecule has 110 valence electrons. The van der Waals surface area contributed by atoms with Crippen molar-refractivity contribution in [2.24, 2.45) is 0 Å². The van der Waals surface area contributed by atoms with Gasteiger partial charge in [-0.25, -0.2) is 4.79 Å². The van der Waals surface area contributed by atoms with Gasteiger partial charge >= 0.3 is 11.7 Å². The smallest absolute Gasteiger partial charge is 0.374 e. The third-order valence-electron chi connectivity index (χ3n) is 2.81. The van der Waals surface area contributed by atoms with Crippen LogP contribution < -0.4 is 4.74 Å². The van der Waals surface area contributed by atoms with Crippen molar-refractivity contribution in [1.82, 2.24) is 0 Å². The molecule has 0 spiro atoms. The van der Waals surface area contributed by atoms with E-state index in [0.29, 0.717) is 5.56 Å². The van der Waals surface area contributed by atoms with Crippen LogP contribution in [-0.4, -0.2) is 18.0 Å². The van der Waals surface area contributed by atoms with Gasteiger partial charge in [-0.1, -0.05) is 6.07 Å². The molecule has 0 unspecified atom stereocenters. The molecule has 7 nitrogen and oxygen atoms in total. The van der Waals surface area contributed by atoms with Gasteiger partial charge in [0.25, 0.3) is 0 Å². The number of hydrogen-bond donors (Lipinski definition) is 0. The summed E-state index contributed by atoms with van der Waals surface area (Å²) in [6, 6.07) is 6.12. The molecule has 0 fully saturated rings. The molecule has 0 radical (unpaired) electrons. The van der Waals surface area contributed by atoms with Gasteiger partial charge in [-0.2, -0.15) is 0 Å². The van der Waals surface area contributed by atoms with Crippen LogP contribution in [0.4, 0.5) is 5.69 Å². The standard InChI is InChI=1S/C14H13NO6/c1-9-3-4-11(15(17)18)12(7-9)21-8-10-5-6-20-13(10)14(16)19-2/h3-7H,8H2,1-2H3. The minimum absolute atomic E-state index is 0.0211. The van der Waals surface area contributed by atoms with E-state index in [1.54, 1.807) is 25.1 Å². The van der Waals surface area contributed by atoms with E-state index in [-0.39, 0.29) is 23.8 Å². The lowest BCUT2D eigenvalue weighted by Crippen LogP contribution is -2.06. The molecule has 0 aliphatic heterocycles. The number of nitro benzene ring substituents is 1. The number of nitrogens with zero attached hydrogens (tertiary/aromatic N) is 1. The lowest BCUT2D eigenvalue weighted by molar-refractivity contribution is -0.386. The van der Waals surface area contributed by atoms with Crippen molar-refractivity contribution in [3.05, 3.63) is 57.5 Å². The molecule has 0 bridgehead atoms. The molecule has 2 rings (SSSR count). The summed E-state index contributed by atoms with van der Waals surface area (Å²) in [5, 5.41) is 10.9. The van der Waals surface area contributed by atoms with Crippen molar-refractivity contribution in [2.45, 2.75) is 13.5 Å². The zero-order chi connectivity index (χ0) is 15.4. The van der Waals surface area contributed by atoms with Crippen LogP contribution in [0.1, 0.15) is 21.7 Å². The second kappa shape index (κ2) is 6.08. The third kappa shape index (κ3) is 3.19. The summed E-state index contributed by atoms with van der Waals surface area (Å²) in [5.41, 5.74) is 1.15. The van der Waals surface area contributed by atoms with Crippen molar-refractivity contribution >= 4 is 11.7 Å². The number of benzene rings is 1. The Morgan fingerprint density at radius 1 is 1.38 bits per heavy atom. The molecule has 1 heterocycles. The van der Waals surface area contributed by atoms with Crippen LogP contribution in [0.5, 0.6) is 5.75 Å². The third-order valence-corrected chi connectivity index (χ3v) is 2.81. The SMILES string of the molecule is COC(=O)c1occc1COc1cc(C)ccc1[N+](=O)[O-]. The zero-order valence-corrected chi connectivity index (χ0v) is 11.5. The quantitative estimate of drug-likeness (QED) is 0.478. The summed E-state index contributed by atoms with van der Waals surface area (Å²) in [6.07, 6.45) is 1.33. The molecule has 1 aromatic carbocycles. The average Bonchev–Trinajstić information content (AvgIpc) is 2.92. The molecular weight excluding hydrogens is 278 g/mol. The maximum Gasteiger partial charge on any atom is 0.374 e. The zero-order valence-electron chi connectivity index (χ0n) is 11.5. The number of carbonyl (C=O) groups is 1. The van der Waals surface area contributed by atoms with E-state index in [1.165, 1.54) is 19.4 Å². The molecule has 0 saturated heterocycles. The van der Waals surface area contributed by atoms with E-state index < -0.39 is 10.9 Å². The molecular formula is C14H13NO6. The largest absolute Gasteiger partial charge is 0.482 e. The van der Waals surface area contributed by atoms with Crippen molar-refractivity contribution in [3.8, 4) is 5.75 Å². The predicted octanol–water partition coefficient (Wildman–Crippen LogP) is 2.86. The van der Waals surface area contributed by atoms with Gasteiger partial charge in [-0.05, 0) is 24.6 Å². The van der Waals surface area contributed by atoms with Crippen molar-refractivity contribution in [2.75, 3.05) is 7.11 Å². The van der Waals surface area contributed by atoms with Crippen LogP contribution >= 0.6 is 0 Å². The highest BCUT2D eigenvalue weighted by Crippen LogP contribution is 2.29. The van der Waals surface area contributed by atoms with E-state index in [2.05, 4.69) is 4.74 Å². The van der Waals surface area contributed by atoms with E-state index in [0.717, 1.165) is 5.56 Å². The monoisotopic (exact) mass is 291 g/mol. The van der Waals surface area contributed by atoms with Gasteiger partial charge in [0.2, 0.25) is 5.76 Å². The molecule has 0 aliphatic carbocycles. The lowest BCUT2D eigenvalue weighted by atomic mass is 10.2. The fourth-order valence-electron chi connectivity index (χ4n) is 1.76. The molecule has 0 atom stereocenters. The Hall–Kier alpha value is -2.83. The van der Waals surface area contributed by atoms with Crippen molar-refractivity contribution in [1.29, 1.82) is 0 Å². The van der Waals surface area contributed by atoms with E-state index >= 15 is 0 Å². The summed E-state index contributed by atoms with van der Waals surface area (Å²) in [7, 11) is 1.24. The summed E-state index contributed by atoms with van der Waals surface area (Å²) < 4.78 is 15.0. The number of ether oxygens (including phenoxy) is 2. The van der Waals surface area contributed by atoms with Crippen LogP contribution in [0.15, 0.2) is 34.9 Å². The normalized spacial score (nSPS) is 10.2. The van der Waals surface area contributed by atoms with Crippen LogP contribution in [0.2, 0.25) is 0 Å². The molecule has 1 aromatic heterocycles. The van der Waals surface area contributed by atoms with Gasteiger partial charge in [-0.15, -0.1) is 0 Å². The van der Waals surface area contributed by atoms with Gasteiger partial charge < -0.3 is 13.9 Å². The Balaban J connectivity index is 2.21. The highest BCUT2D eigenvalue weighted by Gasteiger charge is 2.19. The molecule has 0 aliphatic rings. The minimum Gasteiger partial charge on any atom is -0.482 e. The molecule has 0 amide bonds. The number of esters is 1. The number of nitro groups is 1. The lowest BCUT2D eigenvalue weighted by Gasteiger charge is -2.07. The molecule has 0 N–H and O–H groups in total. The van der Waals surface area contributed by atoms with Gasteiger partial charge in [0.05, 0.1) is 18.3 Å². The fraction of sp³-hybridized carbons (Fsp3) is 0.214. The first kappa shape index (κ1) is 14.6. The summed E-state index contributed by atoms with van der Waals surface area (Å²) in [4.78, 5) is 21.9. The van der Waals surface area contributed by atoms with E-state index in [4.69, 9.17) is 9.15 Å². The van der Waals surface area contributed by atoms with Crippen LogP contribution in [0, 0.1) is 17.0 Å². The second-order valence-corrected chi connectivity index (χ2v) is 4.28. The summed E-state index contributed by atoms with van der Waals surface area (Å²) >= 11 is 0. The number of rotatable bonds is 5. The van der Waals surface area contributed by atoms with Crippen LogP contribution in [-0.2, 0) is 11.3 Å². The van der Waals surface area contributed by atoms with Crippen molar-refractivity contribution in [3.63, 3.8) is 0 Å². The second-order valence-electron chi connectivity index (χ2n) is 4.28. The minimum atomic E-state index is -0.627. The fourth-order valence-corrected chi connectivity index (χ4v) is 1.76. The highest BCUT2D eigenvalue weighted by atomic mass is 16.6. The highest BCUT2D eigenvalue weighted by molar-refractivity contribution is 5.87. The Labute approximate surface area is 120 Å². The van der Waals surface area contributed by atoms with Gasteiger partial charge in [0.15, 0.2) is 5.75 Å². The maximum absolute atomic E-state index is 11.5.